The van der Waals surface area contributed by atoms with Gasteiger partial charge in [0.15, 0.2) is 0 Å². The first-order chi connectivity index (χ1) is 12.6. The summed E-state index contributed by atoms with van der Waals surface area (Å²) in [7, 11) is 0. The second-order valence-corrected chi connectivity index (χ2v) is 7.49. The second kappa shape index (κ2) is 7.99. The summed E-state index contributed by atoms with van der Waals surface area (Å²) >= 11 is 1.45. The zero-order valence-corrected chi connectivity index (χ0v) is 16.3. The molecular weight excluding hydrogens is 350 g/mol. The van der Waals surface area contributed by atoms with Crippen LogP contribution in [0.2, 0.25) is 0 Å². The topological polar surface area (TPSA) is 81.3 Å². The van der Waals surface area contributed by atoms with Gasteiger partial charge < -0.3 is 5.32 Å². The largest absolute Gasteiger partial charge is 0.354 e. The van der Waals surface area contributed by atoms with Gasteiger partial charge in [0.2, 0.25) is 11.7 Å². The predicted octanol–water partition coefficient (Wildman–Crippen LogP) is 2.75. The highest BCUT2D eigenvalue weighted by Gasteiger charge is 2.17. The van der Waals surface area contributed by atoms with Crippen molar-refractivity contribution in [3.05, 3.63) is 27.6 Å². The Hall–Kier alpha value is -2.22. The smallest absolute Gasteiger partial charge is 0.272 e. The molecule has 1 N–H and O–H groups in total. The summed E-state index contributed by atoms with van der Waals surface area (Å²) in [5.74, 6) is 1.45. The van der Waals surface area contributed by atoms with E-state index in [9.17, 15) is 9.59 Å². The number of aryl methyl sites for hydroxylation is 2. The number of carbonyl (C=O) groups is 1. The molecule has 3 rings (SSSR count). The Bertz CT molecular complexity index is 971. The molecule has 8 heteroatoms. The van der Waals surface area contributed by atoms with Gasteiger partial charge in [0.1, 0.15) is 10.5 Å². The van der Waals surface area contributed by atoms with E-state index in [-0.39, 0.29) is 17.5 Å². The van der Waals surface area contributed by atoms with E-state index in [0.717, 1.165) is 28.9 Å². The van der Waals surface area contributed by atoms with E-state index in [1.807, 2.05) is 29.7 Å². The van der Waals surface area contributed by atoms with Crippen molar-refractivity contribution in [2.75, 3.05) is 0 Å². The first kappa shape index (κ1) is 18.6. The van der Waals surface area contributed by atoms with Gasteiger partial charge in [-0.15, -0.1) is 21.5 Å². The average Bonchev–Trinajstić information content (AvgIpc) is 3.25. The Labute approximate surface area is 156 Å². The van der Waals surface area contributed by atoms with Gasteiger partial charge in [-0.05, 0) is 37.6 Å². The molecule has 0 aliphatic carbocycles. The number of amides is 1. The number of hydrogen-bond acceptors (Lipinski definition) is 5. The highest BCUT2D eigenvalue weighted by atomic mass is 32.1. The van der Waals surface area contributed by atoms with Crippen LogP contribution in [0.3, 0.4) is 0 Å². The van der Waals surface area contributed by atoms with Crippen LogP contribution in [0, 0.1) is 0 Å². The lowest BCUT2D eigenvalue weighted by atomic mass is 10.2. The summed E-state index contributed by atoms with van der Waals surface area (Å²) in [5, 5.41) is 13.5. The van der Waals surface area contributed by atoms with Crippen molar-refractivity contribution in [1.29, 1.82) is 0 Å². The van der Waals surface area contributed by atoms with Crippen LogP contribution < -0.4 is 10.9 Å². The maximum Gasteiger partial charge on any atom is 0.272 e. The summed E-state index contributed by atoms with van der Waals surface area (Å²) in [5.41, 5.74) is 0.850. The van der Waals surface area contributed by atoms with Crippen molar-refractivity contribution in [2.45, 2.75) is 65.5 Å². The zero-order chi connectivity index (χ0) is 18.7. The lowest BCUT2D eigenvalue weighted by molar-refractivity contribution is -0.121. The molecule has 26 heavy (non-hydrogen) atoms. The maximum atomic E-state index is 12.7. The van der Waals surface area contributed by atoms with Gasteiger partial charge in [-0.1, -0.05) is 13.8 Å². The number of rotatable bonds is 8. The van der Waals surface area contributed by atoms with Crippen molar-refractivity contribution < 1.29 is 4.79 Å². The first-order valence-electron chi connectivity index (χ1n) is 9.20. The zero-order valence-electron chi connectivity index (χ0n) is 15.5. The van der Waals surface area contributed by atoms with Crippen LogP contribution in [0.5, 0.6) is 0 Å². The standard InChI is InChI=1S/C18H25N5O2S/c1-4-10-22-17(25)16-13(9-11-26-16)23-14(20-21-18(22)23)7-6-8-15(24)19-12(3)5-2/h9,11-12H,4-8,10H2,1-3H3,(H,19,24)/t12-/m0/s1. The molecule has 0 aliphatic heterocycles. The summed E-state index contributed by atoms with van der Waals surface area (Å²) in [4.78, 5) is 24.6. The Morgan fingerprint density at radius 1 is 1.35 bits per heavy atom. The Morgan fingerprint density at radius 2 is 2.15 bits per heavy atom. The number of nitrogens with one attached hydrogen (secondary N) is 1. The van der Waals surface area contributed by atoms with Crippen molar-refractivity contribution in [2.24, 2.45) is 0 Å². The molecule has 140 valence electrons. The molecule has 0 spiro atoms. The van der Waals surface area contributed by atoms with Crippen LogP contribution in [0.1, 0.15) is 52.3 Å². The van der Waals surface area contributed by atoms with Crippen molar-refractivity contribution in [1.82, 2.24) is 24.5 Å². The Morgan fingerprint density at radius 3 is 2.88 bits per heavy atom. The fourth-order valence-electron chi connectivity index (χ4n) is 3.02. The summed E-state index contributed by atoms with van der Waals surface area (Å²) in [6, 6.07) is 2.14. The first-order valence-corrected chi connectivity index (χ1v) is 10.1. The third kappa shape index (κ3) is 3.51. The van der Waals surface area contributed by atoms with Crippen LogP contribution in [-0.4, -0.2) is 31.1 Å². The molecule has 1 amide bonds. The molecule has 0 bridgehead atoms. The fourth-order valence-corrected chi connectivity index (χ4v) is 3.85. The van der Waals surface area contributed by atoms with Gasteiger partial charge in [-0.25, -0.2) is 0 Å². The highest BCUT2D eigenvalue weighted by Crippen LogP contribution is 2.20. The van der Waals surface area contributed by atoms with E-state index >= 15 is 0 Å². The molecule has 0 saturated carbocycles. The van der Waals surface area contributed by atoms with Gasteiger partial charge in [0, 0.05) is 25.4 Å². The molecule has 0 radical (unpaired) electrons. The monoisotopic (exact) mass is 375 g/mol. The molecular formula is C18H25N5O2S. The Balaban J connectivity index is 1.86. The van der Waals surface area contributed by atoms with E-state index < -0.39 is 0 Å². The van der Waals surface area contributed by atoms with Crippen LogP contribution >= 0.6 is 11.3 Å². The number of aromatic nitrogens is 4. The van der Waals surface area contributed by atoms with Crippen LogP contribution in [0.25, 0.3) is 16.0 Å². The molecule has 0 fully saturated rings. The highest BCUT2D eigenvalue weighted by molar-refractivity contribution is 7.17. The lowest BCUT2D eigenvalue weighted by Gasteiger charge is -2.11. The van der Waals surface area contributed by atoms with Gasteiger partial charge >= 0.3 is 0 Å². The minimum absolute atomic E-state index is 0.00349. The van der Waals surface area contributed by atoms with E-state index in [4.69, 9.17) is 0 Å². The molecule has 0 aromatic carbocycles. The molecule has 3 aromatic heterocycles. The molecule has 0 saturated heterocycles. The van der Waals surface area contributed by atoms with Gasteiger partial charge in [0.25, 0.3) is 5.56 Å². The van der Waals surface area contributed by atoms with E-state index in [1.54, 1.807) is 4.57 Å². The minimum atomic E-state index is -0.00349. The molecule has 3 heterocycles. The van der Waals surface area contributed by atoms with Crippen LogP contribution in [-0.2, 0) is 17.8 Å². The van der Waals surface area contributed by atoms with Crippen molar-refractivity contribution in [3.8, 4) is 0 Å². The third-order valence-corrected chi connectivity index (χ3v) is 5.44. The summed E-state index contributed by atoms with van der Waals surface area (Å²) in [6.45, 7) is 6.71. The predicted molar refractivity (Wildman–Crippen MR) is 104 cm³/mol. The second-order valence-electron chi connectivity index (χ2n) is 6.57. The molecule has 3 aromatic rings. The maximum absolute atomic E-state index is 12.7. The summed E-state index contributed by atoms with van der Waals surface area (Å²) < 4.78 is 4.39. The van der Waals surface area contributed by atoms with E-state index in [2.05, 4.69) is 22.4 Å². The third-order valence-electron chi connectivity index (χ3n) is 4.55. The van der Waals surface area contributed by atoms with Crippen LogP contribution in [0.15, 0.2) is 16.2 Å². The quantitative estimate of drug-likeness (QED) is 0.656. The van der Waals surface area contributed by atoms with Crippen molar-refractivity contribution in [3.63, 3.8) is 0 Å². The number of hydrogen-bond donors (Lipinski definition) is 1. The number of fused-ring (bicyclic) bond motifs is 3. The number of nitrogens with zero attached hydrogens (tertiary/aromatic N) is 4. The van der Waals surface area contributed by atoms with Crippen molar-refractivity contribution >= 4 is 33.2 Å². The van der Waals surface area contributed by atoms with E-state index in [0.29, 0.717) is 31.6 Å². The normalized spacial score (nSPS) is 12.7. The molecule has 7 nitrogen and oxygen atoms in total. The fraction of sp³-hybridized carbons (Fsp3) is 0.556. The van der Waals surface area contributed by atoms with E-state index in [1.165, 1.54) is 11.3 Å². The number of thiophene rings is 1. The summed E-state index contributed by atoms with van der Waals surface area (Å²) in [6.07, 6.45) is 3.57. The molecule has 1 atom stereocenters. The average molecular weight is 375 g/mol. The lowest BCUT2D eigenvalue weighted by Crippen LogP contribution is -2.31. The minimum Gasteiger partial charge on any atom is -0.354 e. The van der Waals surface area contributed by atoms with Gasteiger partial charge in [-0.3, -0.25) is 18.6 Å². The van der Waals surface area contributed by atoms with Gasteiger partial charge in [0.05, 0.1) is 5.52 Å². The molecule has 0 aliphatic rings. The number of carbonyl (C=O) groups excluding carboxylic acids is 1. The molecule has 0 unspecified atom stereocenters. The van der Waals surface area contributed by atoms with Gasteiger partial charge in [-0.2, -0.15) is 0 Å². The Kier molecular flexibility index (Phi) is 5.70. The van der Waals surface area contributed by atoms with Crippen LogP contribution in [0.4, 0.5) is 0 Å². The SMILES string of the molecule is CCCn1c(=O)c2sccc2n2c(CCCC(=O)N[C@@H](C)CC)nnc12.